The van der Waals surface area contributed by atoms with Crippen molar-refractivity contribution in [2.24, 2.45) is 0 Å². The number of nitrogens with one attached hydrogen (secondary N) is 1. The first-order chi connectivity index (χ1) is 6.40. The van der Waals surface area contributed by atoms with Gasteiger partial charge in [0, 0.05) is 7.05 Å². The Morgan fingerprint density at radius 2 is 2.07 bits per heavy atom. The van der Waals surface area contributed by atoms with Crippen LogP contribution < -0.4 is 5.32 Å². The van der Waals surface area contributed by atoms with E-state index < -0.39 is 18.2 Å². The normalized spacial score (nSPS) is 21.1. The van der Waals surface area contributed by atoms with Gasteiger partial charge in [-0.2, -0.15) is 13.2 Å². The van der Waals surface area contributed by atoms with E-state index in [9.17, 15) is 18.0 Å². The van der Waals surface area contributed by atoms with E-state index in [4.69, 9.17) is 0 Å². The number of hydrogen-bond donors (Lipinski definition) is 1. The molecular formula is C8H9F3N2O. The lowest BCUT2D eigenvalue weighted by atomic mass is 10.2. The number of alkyl halides is 3. The minimum atomic E-state index is -4.67. The number of amides is 1. The maximum absolute atomic E-state index is 11.8. The van der Waals surface area contributed by atoms with Crippen molar-refractivity contribution in [2.75, 3.05) is 7.05 Å². The quantitative estimate of drug-likeness (QED) is 0.649. The van der Waals surface area contributed by atoms with Crippen molar-refractivity contribution in [1.29, 1.82) is 0 Å². The highest BCUT2D eigenvalue weighted by Gasteiger charge is 2.33. The number of rotatable bonds is 1. The van der Waals surface area contributed by atoms with Crippen molar-refractivity contribution in [1.82, 2.24) is 10.2 Å². The molecule has 0 radical (unpaired) electrons. The number of carbonyl (C=O) groups is 1. The Balaban J connectivity index is 2.62. The third kappa shape index (κ3) is 2.79. The third-order valence-corrected chi connectivity index (χ3v) is 1.70. The van der Waals surface area contributed by atoms with Crippen molar-refractivity contribution >= 4 is 5.91 Å². The monoisotopic (exact) mass is 206 g/mol. The molecular weight excluding hydrogens is 197 g/mol. The number of hydrogen-bond acceptors (Lipinski definition) is 2. The van der Waals surface area contributed by atoms with Crippen LogP contribution in [0.1, 0.15) is 0 Å². The second-order valence-electron chi connectivity index (χ2n) is 2.82. The zero-order valence-electron chi connectivity index (χ0n) is 7.38. The molecule has 0 spiro atoms. The van der Waals surface area contributed by atoms with Crippen molar-refractivity contribution < 1.29 is 18.0 Å². The van der Waals surface area contributed by atoms with Gasteiger partial charge in [0.05, 0.1) is 0 Å². The molecule has 6 heteroatoms. The lowest BCUT2D eigenvalue weighted by molar-refractivity contribution is -0.171. The second kappa shape index (κ2) is 3.73. The van der Waals surface area contributed by atoms with Gasteiger partial charge in [0.15, 0.2) is 0 Å². The molecule has 1 unspecified atom stereocenters. The largest absolute Gasteiger partial charge is 0.484 e. The molecule has 0 aromatic rings. The first-order valence-electron chi connectivity index (χ1n) is 3.86. The number of carbonyl (C=O) groups excluding carboxylic acids is 1. The molecule has 1 heterocycles. The van der Waals surface area contributed by atoms with E-state index in [1.54, 1.807) is 6.08 Å². The summed E-state index contributed by atoms with van der Waals surface area (Å²) in [5, 5.41) is 0.954. The van der Waals surface area contributed by atoms with Gasteiger partial charge in [-0.05, 0) is 12.3 Å². The molecule has 3 nitrogen and oxygen atoms in total. The van der Waals surface area contributed by atoms with E-state index in [2.05, 4.69) is 0 Å². The molecule has 0 bridgehead atoms. The summed E-state index contributed by atoms with van der Waals surface area (Å²) < 4.78 is 35.4. The van der Waals surface area contributed by atoms with Crippen LogP contribution in [0.5, 0.6) is 0 Å². The van der Waals surface area contributed by atoms with Crippen LogP contribution in [0.3, 0.4) is 0 Å². The molecule has 1 N–H and O–H groups in total. The first-order valence-corrected chi connectivity index (χ1v) is 3.86. The smallest absolute Gasteiger partial charge is 0.366 e. The van der Waals surface area contributed by atoms with Crippen LogP contribution in [0.25, 0.3) is 0 Å². The summed E-state index contributed by atoms with van der Waals surface area (Å²) >= 11 is 0. The van der Waals surface area contributed by atoms with Crippen molar-refractivity contribution in [3.05, 3.63) is 24.4 Å². The molecule has 0 aromatic heterocycles. The maximum atomic E-state index is 11.8. The summed E-state index contributed by atoms with van der Waals surface area (Å²) in [6, 6.07) is -0.901. The molecule has 1 aliphatic rings. The van der Waals surface area contributed by atoms with E-state index in [0.29, 0.717) is 0 Å². The van der Waals surface area contributed by atoms with Gasteiger partial charge in [0.1, 0.15) is 6.04 Å². The Morgan fingerprint density at radius 1 is 1.43 bits per heavy atom. The lowest BCUT2D eigenvalue weighted by Gasteiger charge is -2.25. The van der Waals surface area contributed by atoms with E-state index in [1.165, 1.54) is 30.3 Å². The molecule has 1 aliphatic heterocycles. The van der Waals surface area contributed by atoms with Crippen molar-refractivity contribution in [3.63, 3.8) is 0 Å². The summed E-state index contributed by atoms with van der Waals surface area (Å²) in [5.74, 6) is -1.08. The van der Waals surface area contributed by atoms with Crippen LogP contribution in [0.4, 0.5) is 13.2 Å². The fourth-order valence-corrected chi connectivity index (χ4v) is 1.07. The van der Waals surface area contributed by atoms with Gasteiger partial charge in [0.25, 0.3) is 5.91 Å². The highest BCUT2D eigenvalue weighted by molar-refractivity contribution is 5.84. The summed E-state index contributed by atoms with van der Waals surface area (Å²) in [7, 11) is 1.53. The van der Waals surface area contributed by atoms with Gasteiger partial charge >= 0.3 is 6.30 Å². The van der Waals surface area contributed by atoms with Crippen LogP contribution in [0, 0.1) is 0 Å². The number of allylic oxidation sites excluding steroid dienone is 2. The molecule has 14 heavy (non-hydrogen) atoms. The topological polar surface area (TPSA) is 32.3 Å². The third-order valence-electron chi connectivity index (χ3n) is 1.70. The maximum Gasteiger partial charge on any atom is 0.484 e. The highest BCUT2D eigenvalue weighted by atomic mass is 19.4. The first kappa shape index (κ1) is 10.6. The fourth-order valence-electron chi connectivity index (χ4n) is 1.07. The zero-order chi connectivity index (χ0) is 10.8. The van der Waals surface area contributed by atoms with Gasteiger partial charge in [-0.3, -0.25) is 10.1 Å². The molecule has 1 amide bonds. The van der Waals surface area contributed by atoms with Crippen molar-refractivity contribution in [3.8, 4) is 0 Å². The van der Waals surface area contributed by atoms with E-state index in [-0.39, 0.29) is 0 Å². The molecule has 0 aromatic carbocycles. The number of nitrogens with zero attached hydrogens (tertiary/aromatic N) is 1. The molecule has 78 valence electrons. The Bertz CT molecular complexity index is 283. The summed E-state index contributed by atoms with van der Waals surface area (Å²) in [6.45, 7) is 0. The predicted molar refractivity (Wildman–Crippen MR) is 44.0 cm³/mol. The Kier molecular flexibility index (Phi) is 2.83. The van der Waals surface area contributed by atoms with Gasteiger partial charge in [-0.15, -0.1) is 0 Å². The molecule has 0 aliphatic carbocycles. The average Bonchev–Trinajstić information content (AvgIpc) is 2.01. The van der Waals surface area contributed by atoms with Crippen LogP contribution >= 0.6 is 0 Å². The Hall–Kier alpha value is -1.46. The van der Waals surface area contributed by atoms with E-state index in [1.807, 2.05) is 0 Å². The summed E-state index contributed by atoms with van der Waals surface area (Å²) in [5.41, 5.74) is 0. The Morgan fingerprint density at radius 3 is 2.57 bits per heavy atom. The van der Waals surface area contributed by atoms with Crippen LogP contribution in [0.2, 0.25) is 0 Å². The predicted octanol–water partition coefficient (Wildman–Crippen LogP) is 1.01. The summed E-state index contributed by atoms with van der Waals surface area (Å²) in [6.07, 6.45) is 1.41. The van der Waals surface area contributed by atoms with Gasteiger partial charge in [-0.1, -0.05) is 12.2 Å². The molecule has 1 rings (SSSR count). The second-order valence-corrected chi connectivity index (χ2v) is 2.82. The average molecular weight is 206 g/mol. The SMILES string of the molecule is CN1C=CC=CC1C(=O)NC(F)(F)F. The lowest BCUT2D eigenvalue weighted by Crippen LogP contribution is -2.48. The molecule has 0 fully saturated rings. The zero-order valence-corrected chi connectivity index (χ0v) is 7.38. The number of likely N-dealkylation sites (N-methyl/N-ethyl adjacent to an activating group) is 1. The Labute approximate surface area is 78.9 Å². The minimum absolute atomic E-state index is 0.901. The van der Waals surface area contributed by atoms with Gasteiger partial charge in [0.2, 0.25) is 0 Å². The number of halogens is 3. The van der Waals surface area contributed by atoms with Crippen LogP contribution in [0.15, 0.2) is 24.4 Å². The molecule has 1 atom stereocenters. The fraction of sp³-hybridized carbons (Fsp3) is 0.375. The van der Waals surface area contributed by atoms with Crippen molar-refractivity contribution in [2.45, 2.75) is 12.3 Å². The summed E-state index contributed by atoms with van der Waals surface area (Å²) in [4.78, 5) is 12.5. The van der Waals surface area contributed by atoms with Gasteiger partial charge in [-0.25, -0.2) is 0 Å². The van der Waals surface area contributed by atoms with Crippen LogP contribution in [-0.2, 0) is 4.79 Å². The standard InChI is InChI=1S/C8H9F3N2O/c1-13-5-3-2-4-6(13)7(14)12-8(9,10)11/h2-6H,1H3,(H,12,14). The van der Waals surface area contributed by atoms with E-state index >= 15 is 0 Å². The van der Waals surface area contributed by atoms with Gasteiger partial charge < -0.3 is 4.90 Å². The molecule has 0 saturated heterocycles. The highest BCUT2D eigenvalue weighted by Crippen LogP contribution is 2.12. The van der Waals surface area contributed by atoms with E-state index in [0.717, 1.165) is 5.32 Å². The van der Waals surface area contributed by atoms with Crippen LogP contribution in [-0.4, -0.2) is 30.2 Å². The minimum Gasteiger partial charge on any atom is -0.366 e. The molecule has 0 saturated carbocycles.